The highest BCUT2D eigenvalue weighted by atomic mass is 19.1. The van der Waals surface area contributed by atoms with Gasteiger partial charge in [-0.3, -0.25) is 0 Å². The predicted molar refractivity (Wildman–Crippen MR) is 92.7 cm³/mol. The highest BCUT2D eigenvalue weighted by molar-refractivity contribution is 5.89. The first-order valence-corrected chi connectivity index (χ1v) is 7.64. The molecule has 0 aliphatic rings. The van der Waals surface area contributed by atoms with E-state index in [-0.39, 0.29) is 5.75 Å². The number of rotatable bonds is 3. The van der Waals surface area contributed by atoms with Crippen LogP contribution in [0.4, 0.5) is 15.9 Å². The molecular formula is C18H14FN5O. The van der Waals surface area contributed by atoms with Gasteiger partial charge in [0.2, 0.25) is 0 Å². The monoisotopic (exact) mass is 335 g/mol. The maximum absolute atomic E-state index is 14.1. The molecule has 0 fully saturated rings. The van der Waals surface area contributed by atoms with Crippen LogP contribution < -0.4 is 5.32 Å². The molecule has 0 bridgehead atoms. The van der Waals surface area contributed by atoms with Gasteiger partial charge in [-0.1, -0.05) is 18.2 Å². The molecule has 0 unspecified atom stereocenters. The van der Waals surface area contributed by atoms with E-state index in [9.17, 15) is 9.50 Å². The molecule has 25 heavy (non-hydrogen) atoms. The summed E-state index contributed by atoms with van der Waals surface area (Å²) in [7, 11) is 0. The van der Waals surface area contributed by atoms with Crippen molar-refractivity contribution in [3.63, 3.8) is 0 Å². The topological polar surface area (TPSA) is 75.9 Å². The number of phenols is 1. The standard InChI is InChI=1S/C18H14FN5O/c1-11-6-7-16(25)14(8-11)23-17-12-9-22-24(18(12)21-10-20-17)15-5-3-2-4-13(15)19/h2-10,25H,1H3,(H,20,21,23). The first-order chi connectivity index (χ1) is 12.1. The third-order valence-electron chi connectivity index (χ3n) is 3.85. The molecule has 0 saturated heterocycles. The maximum Gasteiger partial charge on any atom is 0.168 e. The number of phenolic OH excluding ortho intramolecular Hbond substituents is 1. The molecule has 124 valence electrons. The molecule has 4 aromatic rings. The van der Waals surface area contributed by atoms with Crippen molar-refractivity contribution in [1.82, 2.24) is 19.7 Å². The minimum atomic E-state index is -0.392. The second kappa shape index (κ2) is 5.86. The summed E-state index contributed by atoms with van der Waals surface area (Å²) < 4.78 is 15.5. The molecule has 0 saturated carbocycles. The number of benzene rings is 2. The van der Waals surface area contributed by atoms with E-state index < -0.39 is 5.82 Å². The van der Waals surface area contributed by atoms with Gasteiger partial charge in [0.05, 0.1) is 17.3 Å². The van der Waals surface area contributed by atoms with Crippen LogP contribution in [0.1, 0.15) is 5.56 Å². The highest BCUT2D eigenvalue weighted by Crippen LogP contribution is 2.30. The summed E-state index contributed by atoms with van der Waals surface area (Å²) >= 11 is 0. The van der Waals surface area contributed by atoms with E-state index in [0.29, 0.717) is 28.2 Å². The summed E-state index contributed by atoms with van der Waals surface area (Å²) in [6, 6.07) is 11.6. The SMILES string of the molecule is Cc1ccc(O)c(Nc2ncnc3c2cnn3-c2ccccc2F)c1. The summed E-state index contributed by atoms with van der Waals surface area (Å²) in [6.07, 6.45) is 2.94. The van der Waals surface area contributed by atoms with Crippen LogP contribution in [0.15, 0.2) is 55.0 Å². The molecule has 0 aliphatic heterocycles. The lowest BCUT2D eigenvalue weighted by Crippen LogP contribution is -2.01. The number of aryl methyl sites for hydroxylation is 1. The molecule has 0 atom stereocenters. The Hall–Kier alpha value is -3.48. The molecule has 2 N–H and O–H groups in total. The Morgan fingerprint density at radius 2 is 1.96 bits per heavy atom. The van der Waals surface area contributed by atoms with Crippen molar-refractivity contribution in [2.24, 2.45) is 0 Å². The van der Waals surface area contributed by atoms with Gasteiger partial charge in [0.15, 0.2) is 5.65 Å². The minimum Gasteiger partial charge on any atom is -0.506 e. The number of para-hydroxylation sites is 1. The lowest BCUT2D eigenvalue weighted by molar-refractivity contribution is 0.477. The molecule has 2 heterocycles. The van der Waals surface area contributed by atoms with Crippen LogP contribution in [0.25, 0.3) is 16.7 Å². The number of halogens is 1. The van der Waals surface area contributed by atoms with Gasteiger partial charge in [-0.25, -0.2) is 19.0 Å². The molecule has 2 aromatic heterocycles. The Kier molecular flexibility index (Phi) is 3.53. The highest BCUT2D eigenvalue weighted by Gasteiger charge is 2.14. The Morgan fingerprint density at radius 1 is 1.12 bits per heavy atom. The van der Waals surface area contributed by atoms with Crippen LogP contribution in [0, 0.1) is 12.7 Å². The van der Waals surface area contributed by atoms with Gasteiger partial charge >= 0.3 is 0 Å². The fourth-order valence-corrected chi connectivity index (χ4v) is 2.62. The van der Waals surface area contributed by atoms with Gasteiger partial charge in [0.1, 0.15) is 29.4 Å². The van der Waals surface area contributed by atoms with Crippen molar-refractivity contribution in [3.05, 3.63) is 66.4 Å². The zero-order valence-electron chi connectivity index (χ0n) is 13.3. The molecule has 0 radical (unpaired) electrons. The minimum absolute atomic E-state index is 0.110. The third-order valence-corrected chi connectivity index (χ3v) is 3.85. The maximum atomic E-state index is 14.1. The second-order valence-electron chi connectivity index (χ2n) is 5.61. The number of anilines is 2. The Bertz CT molecular complexity index is 1080. The molecule has 7 heteroatoms. The van der Waals surface area contributed by atoms with Crippen LogP contribution in [0.3, 0.4) is 0 Å². The van der Waals surface area contributed by atoms with Gasteiger partial charge in [-0.2, -0.15) is 5.10 Å². The van der Waals surface area contributed by atoms with Gasteiger partial charge in [0, 0.05) is 0 Å². The molecule has 0 amide bonds. The third kappa shape index (κ3) is 2.65. The van der Waals surface area contributed by atoms with Crippen LogP contribution in [-0.4, -0.2) is 24.9 Å². The van der Waals surface area contributed by atoms with Crippen molar-refractivity contribution in [2.45, 2.75) is 6.92 Å². The quantitative estimate of drug-likeness (QED) is 0.558. The first kappa shape index (κ1) is 15.1. The van der Waals surface area contributed by atoms with Gasteiger partial charge in [0.25, 0.3) is 0 Å². The molecule has 2 aromatic carbocycles. The van der Waals surface area contributed by atoms with Crippen molar-refractivity contribution < 1.29 is 9.50 Å². The average molecular weight is 335 g/mol. The van der Waals surface area contributed by atoms with E-state index in [1.54, 1.807) is 30.5 Å². The summed E-state index contributed by atoms with van der Waals surface area (Å²) in [5.74, 6) is 0.198. The second-order valence-corrected chi connectivity index (χ2v) is 5.61. The van der Waals surface area contributed by atoms with E-state index in [1.807, 2.05) is 19.1 Å². The zero-order valence-corrected chi connectivity index (χ0v) is 13.3. The number of aromatic nitrogens is 4. The zero-order chi connectivity index (χ0) is 17.4. The number of hydrogen-bond donors (Lipinski definition) is 2. The normalized spacial score (nSPS) is 11.0. The van der Waals surface area contributed by atoms with Gasteiger partial charge < -0.3 is 10.4 Å². The van der Waals surface area contributed by atoms with Crippen LogP contribution in [0.5, 0.6) is 5.75 Å². The summed E-state index contributed by atoms with van der Waals surface area (Å²) in [5.41, 5.74) is 2.29. The first-order valence-electron chi connectivity index (χ1n) is 7.64. The van der Waals surface area contributed by atoms with E-state index in [1.165, 1.54) is 17.1 Å². The largest absolute Gasteiger partial charge is 0.506 e. The van der Waals surface area contributed by atoms with E-state index in [0.717, 1.165) is 5.56 Å². The predicted octanol–water partition coefficient (Wildman–Crippen LogP) is 3.71. The van der Waals surface area contributed by atoms with Crippen molar-refractivity contribution in [2.75, 3.05) is 5.32 Å². The molecule has 0 spiro atoms. The lowest BCUT2D eigenvalue weighted by atomic mass is 10.2. The van der Waals surface area contributed by atoms with E-state index >= 15 is 0 Å². The van der Waals surface area contributed by atoms with E-state index in [2.05, 4.69) is 20.4 Å². The van der Waals surface area contributed by atoms with Crippen LogP contribution in [0.2, 0.25) is 0 Å². The van der Waals surface area contributed by atoms with Crippen molar-refractivity contribution in [3.8, 4) is 11.4 Å². The number of hydrogen-bond acceptors (Lipinski definition) is 5. The van der Waals surface area contributed by atoms with E-state index in [4.69, 9.17) is 0 Å². The van der Waals surface area contributed by atoms with Crippen LogP contribution >= 0.6 is 0 Å². The Labute approximate surface area is 142 Å². The fourth-order valence-electron chi connectivity index (χ4n) is 2.62. The van der Waals surface area contributed by atoms with Crippen molar-refractivity contribution >= 4 is 22.5 Å². The van der Waals surface area contributed by atoms with Gasteiger partial charge in [-0.05, 0) is 36.8 Å². The van der Waals surface area contributed by atoms with Gasteiger partial charge in [-0.15, -0.1) is 0 Å². The number of aromatic hydroxyl groups is 1. The van der Waals surface area contributed by atoms with Crippen molar-refractivity contribution in [1.29, 1.82) is 0 Å². The number of nitrogens with zero attached hydrogens (tertiary/aromatic N) is 4. The lowest BCUT2D eigenvalue weighted by Gasteiger charge is -2.09. The molecule has 4 rings (SSSR count). The molecule has 6 nitrogen and oxygen atoms in total. The summed E-state index contributed by atoms with van der Waals surface area (Å²) in [4.78, 5) is 8.44. The fraction of sp³-hybridized carbons (Fsp3) is 0.0556. The molecular weight excluding hydrogens is 321 g/mol. The summed E-state index contributed by atoms with van der Waals surface area (Å²) in [6.45, 7) is 1.93. The average Bonchev–Trinajstić information content (AvgIpc) is 3.03. The van der Waals surface area contributed by atoms with Crippen LogP contribution in [-0.2, 0) is 0 Å². The number of nitrogens with one attached hydrogen (secondary N) is 1. The Balaban J connectivity index is 1.82. The summed E-state index contributed by atoms with van der Waals surface area (Å²) in [5, 5.41) is 18.0. The molecule has 0 aliphatic carbocycles. The number of fused-ring (bicyclic) bond motifs is 1. The Morgan fingerprint density at radius 3 is 2.80 bits per heavy atom. The smallest absolute Gasteiger partial charge is 0.168 e.